The maximum atomic E-state index is 14.5. The molecule has 132 valence electrons. The molecule has 1 unspecified atom stereocenters. The van der Waals surface area contributed by atoms with Gasteiger partial charge in [0.25, 0.3) is 0 Å². The van der Waals surface area contributed by atoms with Gasteiger partial charge < -0.3 is 9.73 Å². The second kappa shape index (κ2) is 5.95. The Bertz CT molecular complexity index is 1190. The first-order chi connectivity index (χ1) is 13.2. The minimum atomic E-state index is -0.328. The van der Waals surface area contributed by atoms with Gasteiger partial charge in [-0.05, 0) is 48.7 Å². The normalized spacial score (nSPS) is 15.6. The van der Waals surface area contributed by atoms with Crippen LogP contribution < -0.4 is 5.32 Å². The monoisotopic (exact) mass is 359 g/mol. The van der Waals surface area contributed by atoms with Crippen molar-refractivity contribution in [3.63, 3.8) is 0 Å². The van der Waals surface area contributed by atoms with E-state index in [1.165, 1.54) is 12.5 Å². The van der Waals surface area contributed by atoms with Gasteiger partial charge in [0.2, 0.25) is 0 Å². The van der Waals surface area contributed by atoms with E-state index in [1.54, 1.807) is 12.3 Å². The number of aromatic nitrogens is 3. The molecule has 2 aromatic carbocycles. The molecule has 7 heteroatoms. The molecule has 1 aliphatic carbocycles. The Hall–Kier alpha value is -3.66. The predicted molar refractivity (Wildman–Crippen MR) is 97.4 cm³/mol. The van der Waals surface area contributed by atoms with Crippen LogP contribution in [0.2, 0.25) is 0 Å². The summed E-state index contributed by atoms with van der Waals surface area (Å²) < 4.78 is 19.9. The zero-order valence-corrected chi connectivity index (χ0v) is 14.2. The second-order valence-electron chi connectivity index (χ2n) is 6.58. The molecular formula is C20H14FN5O. The molecule has 1 aliphatic rings. The fraction of sp³-hybridized carbons (Fsp3) is 0.150. The molecule has 0 fully saturated rings. The fourth-order valence-electron chi connectivity index (χ4n) is 3.75. The van der Waals surface area contributed by atoms with Gasteiger partial charge in [-0.3, -0.25) is 5.10 Å². The number of H-pyrrole nitrogens is 1. The van der Waals surface area contributed by atoms with Gasteiger partial charge in [0.15, 0.2) is 12.2 Å². The lowest BCUT2D eigenvalue weighted by molar-refractivity contribution is 0.570. The number of anilines is 1. The first kappa shape index (κ1) is 15.6. The third kappa shape index (κ3) is 2.54. The fourth-order valence-corrected chi connectivity index (χ4v) is 3.75. The van der Waals surface area contributed by atoms with Crippen LogP contribution >= 0.6 is 0 Å². The molecule has 0 amide bonds. The Labute approximate surface area is 153 Å². The highest BCUT2D eigenvalue weighted by Crippen LogP contribution is 2.37. The van der Waals surface area contributed by atoms with Crippen LogP contribution in [0.4, 0.5) is 10.1 Å². The van der Waals surface area contributed by atoms with Crippen LogP contribution in [0.15, 0.2) is 47.3 Å². The van der Waals surface area contributed by atoms with E-state index < -0.39 is 0 Å². The zero-order chi connectivity index (χ0) is 18.4. The van der Waals surface area contributed by atoms with Gasteiger partial charge in [0.1, 0.15) is 11.5 Å². The van der Waals surface area contributed by atoms with Crippen LogP contribution in [-0.4, -0.2) is 15.2 Å². The van der Waals surface area contributed by atoms with Gasteiger partial charge in [-0.2, -0.15) is 10.4 Å². The van der Waals surface area contributed by atoms with Gasteiger partial charge >= 0.3 is 0 Å². The number of hydrogen-bond acceptors (Lipinski definition) is 5. The number of hydrogen-bond donors (Lipinski definition) is 2. The highest BCUT2D eigenvalue weighted by atomic mass is 19.1. The first-order valence-corrected chi connectivity index (χ1v) is 8.59. The molecule has 2 aromatic heterocycles. The predicted octanol–water partition coefficient (Wildman–Crippen LogP) is 4.33. The van der Waals surface area contributed by atoms with Crippen LogP contribution in [0.5, 0.6) is 0 Å². The number of fused-ring (bicyclic) bond motifs is 2. The molecule has 0 saturated carbocycles. The molecule has 2 heterocycles. The van der Waals surface area contributed by atoms with Gasteiger partial charge in [0, 0.05) is 16.6 Å². The van der Waals surface area contributed by atoms with E-state index in [1.807, 2.05) is 24.3 Å². The highest BCUT2D eigenvalue weighted by Gasteiger charge is 2.27. The van der Waals surface area contributed by atoms with Crippen molar-refractivity contribution in [1.82, 2.24) is 15.2 Å². The number of nitrogens with zero attached hydrogens (tertiary/aromatic N) is 3. The summed E-state index contributed by atoms with van der Waals surface area (Å²) in [6, 6.07) is 10.8. The van der Waals surface area contributed by atoms with Crippen LogP contribution in [0, 0.1) is 17.1 Å². The lowest BCUT2D eigenvalue weighted by Gasteiger charge is -2.16. The first-order valence-electron chi connectivity index (χ1n) is 8.59. The smallest absolute Gasteiger partial charge is 0.181 e. The quantitative estimate of drug-likeness (QED) is 0.568. The molecule has 0 aliphatic heterocycles. The summed E-state index contributed by atoms with van der Waals surface area (Å²) in [6.45, 7) is 0. The molecule has 2 N–H and O–H groups in total. The summed E-state index contributed by atoms with van der Waals surface area (Å²) in [5.74, 6) is 0.255. The van der Waals surface area contributed by atoms with Crippen molar-refractivity contribution in [2.45, 2.75) is 18.9 Å². The van der Waals surface area contributed by atoms with Gasteiger partial charge in [-0.1, -0.05) is 0 Å². The number of nitriles is 1. The molecule has 1 atom stereocenters. The summed E-state index contributed by atoms with van der Waals surface area (Å²) in [5.41, 5.74) is 4.34. The molecular weight excluding hydrogens is 345 g/mol. The summed E-state index contributed by atoms with van der Waals surface area (Å²) in [5, 5.41) is 20.6. The van der Waals surface area contributed by atoms with Crippen LogP contribution in [0.3, 0.4) is 0 Å². The zero-order valence-electron chi connectivity index (χ0n) is 14.2. The van der Waals surface area contributed by atoms with Crippen molar-refractivity contribution in [2.75, 3.05) is 5.32 Å². The third-order valence-electron chi connectivity index (χ3n) is 4.96. The molecule has 27 heavy (non-hydrogen) atoms. The van der Waals surface area contributed by atoms with Crippen LogP contribution in [-0.2, 0) is 6.42 Å². The average Bonchev–Trinajstić information content (AvgIpc) is 3.40. The van der Waals surface area contributed by atoms with E-state index in [-0.39, 0.29) is 11.9 Å². The lowest BCUT2D eigenvalue weighted by Crippen LogP contribution is -2.09. The van der Waals surface area contributed by atoms with Crippen molar-refractivity contribution in [2.24, 2.45) is 0 Å². The number of halogens is 1. The number of aryl methyl sites for hydroxylation is 1. The summed E-state index contributed by atoms with van der Waals surface area (Å²) in [4.78, 5) is 3.94. The molecule has 0 bridgehead atoms. The summed E-state index contributed by atoms with van der Waals surface area (Å²) in [7, 11) is 0. The largest absolute Gasteiger partial charge is 0.442 e. The van der Waals surface area contributed by atoms with Crippen LogP contribution in [0.1, 0.15) is 29.2 Å². The number of oxazole rings is 1. The van der Waals surface area contributed by atoms with E-state index in [2.05, 4.69) is 20.5 Å². The molecule has 4 aromatic rings. The second-order valence-corrected chi connectivity index (χ2v) is 6.58. The SMILES string of the molecule is N#Cc1cc(F)c2c(c1)CCC2Nc1ccc2[nH]nc(-c3cnco3)c2c1. The average molecular weight is 359 g/mol. The molecule has 0 saturated heterocycles. The minimum absolute atomic E-state index is 0.133. The van der Waals surface area contributed by atoms with Crippen molar-refractivity contribution in [3.05, 3.63) is 65.4 Å². The van der Waals surface area contributed by atoms with Crippen molar-refractivity contribution in [3.8, 4) is 17.5 Å². The Morgan fingerprint density at radius 2 is 2.22 bits per heavy atom. The molecule has 5 rings (SSSR count). The minimum Gasteiger partial charge on any atom is -0.442 e. The van der Waals surface area contributed by atoms with E-state index in [0.717, 1.165) is 35.0 Å². The van der Waals surface area contributed by atoms with E-state index >= 15 is 0 Å². The molecule has 6 nitrogen and oxygen atoms in total. The lowest BCUT2D eigenvalue weighted by atomic mass is 10.0. The van der Waals surface area contributed by atoms with Crippen LogP contribution in [0.25, 0.3) is 22.4 Å². The Kier molecular flexibility index (Phi) is 3.44. The third-order valence-corrected chi connectivity index (χ3v) is 4.96. The maximum Gasteiger partial charge on any atom is 0.181 e. The van der Waals surface area contributed by atoms with Crippen molar-refractivity contribution in [1.29, 1.82) is 5.26 Å². The Balaban J connectivity index is 1.50. The van der Waals surface area contributed by atoms with Gasteiger partial charge in [-0.15, -0.1) is 0 Å². The van der Waals surface area contributed by atoms with E-state index in [4.69, 9.17) is 9.68 Å². The molecule has 0 spiro atoms. The Morgan fingerprint density at radius 3 is 3.04 bits per heavy atom. The van der Waals surface area contributed by atoms with Gasteiger partial charge in [-0.25, -0.2) is 9.37 Å². The topological polar surface area (TPSA) is 90.5 Å². The number of rotatable bonds is 3. The number of nitrogens with one attached hydrogen (secondary N) is 2. The summed E-state index contributed by atoms with van der Waals surface area (Å²) >= 11 is 0. The number of benzene rings is 2. The molecule has 0 radical (unpaired) electrons. The van der Waals surface area contributed by atoms with Crippen molar-refractivity contribution < 1.29 is 8.81 Å². The Morgan fingerprint density at radius 1 is 1.30 bits per heavy atom. The summed E-state index contributed by atoms with van der Waals surface area (Å²) in [6.07, 6.45) is 4.51. The van der Waals surface area contributed by atoms with E-state index in [9.17, 15) is 4.39 Å². The maximum absolute atomic E-state index is 14.5. The highest BCUT2D eigenvalue weighted by molar-refractivity contribution is 5.93. The number of aromatic amines is 1. The van der Waals surface area contributed by atoms with Gasteiger partial charge in [0.05, 0.1) is 29.4 Å². The van der Waals surface area contributed by atoms with Crippen molar-refractivity contribution >= 4 is 16.6 Å². The van der Waals surface area contributed by atoms with E-state index in [0.29, 0.717) is 22.6 Å². The standard InChI is InChI=1S/C20H14FN5O/c21-15-6-11(8-22)5-12-1-3-17(19(12)15)24-13-2-4-16-14(7-13)20(26-25-16)18-9-23-10-27-18/h2,4-7,9-10,17,24H,1,3H2,(H,25,26).